The van der Waals surface area contributed by atoms with E-state index in [1.54, 1.807) is 0 Å². The van der Waals surface area contributed by atoms with Gasteiger partial charge in [-0.05, 0) is 48.6 Å². The number of benzene rings is 1. The molecule has 1 aromatic heterocycles. The third-order valence-corrected chi connectivity index (χ3v) is 7.05. The second-order valence-electron chi connectivity index (χ2n) is 7.44. The molecule has 170 valence electrons. The molecule has 32 heavy (non-hydrogen) atoms. The number of aliphatic carboxylic acids is 1. The van der Waals surface area contributed by atoms with Crippen molar-refractivity contribution < 1.29 is 27.9 Å². The molecule has 0 atom stereocenters. The van der Waals surface area contributed by atoms with E-state index in [2.05, 4.69) is 15.6 Å². The van der Waals surface area contributed by atoms with Crippen molar-refractivity contribution in [1.29, 1.82) is 0 Å². The smallest absolute Gasteiger partial charge is 0.322 e. The van der Waals surface area contributed by atoms with E-state index in [0.717, 1.165) is 11.8 Å². The Hall–Kier alpha value is -3.31. The first-order valence-corrected chi connectivity index (χ1v) is 11.4. The lowest BCUT2D eigenvalue weighted by Gasteiger charge is -2.31. The number of carboxylic acids is 1. The molecule has 1 aliphatic rings. The third kappa shape index (κ3) is 5.68. The van der Waals surface area contributed by atoms with Crippen molar-refractivity contribution in [3.8, 4) is 0 Å². The number of sulfonamides is 1. The van der Waals surface area contributed by atoms with Crippen LogP contribution >= 0.6 is 0 Å². The number of pyridine rings is 1. The predicted octanol–water partition coefficient (Wildman–Crippen LogP) is 1.42. The molecule has 11 heteroatoms. The Morgan fingerprint density at radius 3 is 2.28 bits per heavy atom. The number of anilines is 1. The Bertz CT molecular complexity index is 1090. The highest BCUT2D eigenvalue weighted by Gasteiger charge is 2.30. The van der Waals surface area contributed by atoms with Crippen molar-refractivity contribution in [3.63, 3.8) is 0 Å². The van der Waals surface area contributed by atoms with Gasteiger partial charge in [-0.3, -0.25) is 14.4 Å². The molecule has 2 heterocycles. The van der Waals surface area contributed by atoms with Gasteiger partial charge in [-0.2, -0.15) is 4.31 Å². The van der Waals surface area contributed by atoms with Crippen molar-refractivity contribution in [1.82, 2.24) is 14.6 Å². The lowest BCUT2D eigenvalue weighted by Crippen LogP contribution is -2.38. The summed E-state index contributed by atoms with van der Waals surface area (Å²) in [6.07, 6.45) is 2.42. The fraction of sp³-hybridized carbons (Fsp3) is 0.333. The van der Waals surface area contributed by atoms with Crippen molar-refractivity contribution in [3.05, 3.63) is 53.9 Å². The largest absolute Gasteiger partial charge is 0.480 e. The highest BCUT2D eigenvalue weighted by atomic mass is 32.2. The summed E-state index contributed by atoms with van der Waals surface area (Å²) in [7, 11) is -3.76. The standard InChI is InChI=1S/C21H24N4O6S/c1-14(26)24-17-4-2-15(3-5-17)16-8-10-25(11-9-16)32(30,31)18-6-7-19(22-12-18)21(29)23-13-20(27)28/h2-7,12,16H,8-11,13H2,1H3,(H,23,29)(H,24,26)(H,27,28). The highest BCUT2D eigenvalue weighted by Crippen LogP contribution is 2.31. The van der Waals surface area contributed by atoms with Crippen molar-refractivity contribution >= 4 is 33.5 Å². The topological polar surface area (TPSA) is 146 Å². The summed E-state index contributed by atoms with van der Waals surface area (Å²) in [5.41, 5.74) is 1.75. The van der Waals surface area contributed by atoms with Crippen LogP contribution < -0.4 is 10.6 Å². The lowest BCUT2D eigenvalue weighted by molar-refractivity contribution is -0.135. The second-order valence-corrected chi connectivity index (χ2v) is 9.38. The zero-order valence-electron chi connectivity index (χ0n) is 17.4. The Kier molecular flexibility index (Phi) is 7.21. The van der Waals surface area contributed by atoms with Crippen molar-refractivity contribution in [2.75, 3.05) is 25.0 Å². The SMILES string of the molecule is CC(=O)Nc1ccc(C2CCN(S(=O)(=O)c3ccc(C(=O)NCC(=O)O)nc3)CC2)cc1. The molecular weight excluding hydrogens is 436 g/mol. The van der Waals surface area contributed by atoms with E-state index >= 15 is 0 Å². The van der Waals surface area contributed by atoms with Crippen LogP contribution in [-0.4, -0.2) is 60.2 Å². The zero-order valence-corrected chi connectivity index (χ0v) is 18.3. The fourth-order valence-corrected chi connectivity index (χ4v) is 4.95. The molecule has 2 amide bonds. The Labute approximate surface area is 185 Å². The molecule has 1 aromatic carbocycles. The molecule has 0 radical (unpaired) electrons. The van der Waals surface area contributed by atoms with Crippen LogP contribution in [0.25, 0.3) is 0 Å². The van der Waals surface area contributed by atoms with Crippen LogP contribution in [-0.2, 0) is 19.6 Å². The molecule has 1 saturated heterocycles. The number of carbonyl (C=O) groups excluding carboxylic acids is 2. The number of carboxylic acid groups (broad SMARTS) is 1. The fourth-order valence-electron chi connectivity index (χ4n) is 3.53. The lowest BCUT2D eigenvalue weighted by atomic mass is 9.90. The van der Waals surface area contributed by atoms with Gasteiger partial charge in [0.05, 0.1) is 0 Å². The first-order valence-electron chi connectivity index (χ1n) is 10.0. The van der Waals surface area contributed by atoms with Crippen LogP contribution in [0.1, 0.15) is 41.7 Å². The molecule has 0 aliphatic carbocycles. The maximum atomic E-state index is 12.9. The van der Waals surface area contributed by atoms with Gasteiger partial charge in [-0.15, -0.1) is 0 Å². The average molecular weight is 461 g/mol. The number of rotatable bonds is 7. The zero-order chi connectivity index (χ0) is 23.3. The minimum atomic E-state index is -3.76. The van der Waals surface area contributed by atoms with Crippen molar-refractivity contribution in [2.24, 2.45) is 0 Å². The minimum Gasteiger partial charge on any atom is -0.480 e. The van der Waals surface area contributed by atoms with Gasteiger partial charge in [-0.1, -0.05) is 12.1 Å². The molecule has 1 aliphatic heterocycles. The summed E-state index contributed by atoms with van der Waals surface area (Å²) in [5, 5.41) is 13.5. The minimum absolute atomic E-state index is 0.0228. The molecule has 10 nitrogen and oxygen atoms in total. The van der Waals surface area contributed by atoms with Gasteiger partial charge in [-0.25, -0.2) is 13.4 Å². The van der Waals surface area contributed by atoms with Gasteiger partial charge in [0.25, 0.3) is 5.91 Å². The molecule has 0 unspecified atom stereocenters. The molecule has 3 N–H and O–H groups in total. The second kappa shape index (κ2) is 9.88. The van der Waals surface area contributed by atoms with E-state index < -0.39 is 28.4 Å². The summed E-state index contributed by atoms with van der Waals surface area (Å²) in [4.78, 5) is 37.3. The number of hydrogen-bond acceptors (Lipinski definition) is 6. The molecule has 0 bridgehead atoms. The normalized spacial score (nSPS) is 15.2. The van der Waals surface area contributed by atoms with Gasteiger partial charge < -0.3 is 15.7 Å². The number of amides is 2. The maximum absolute atomic E-state index is 12.9. The van der Waals surface area contributed by atoms with Crippen LogP contribution in [0.5, 0.6) is 0 Å². The summed E-state index contributed by atoms with van der Waals surface area (Å²) < 4.78 is 27.3. The van der Waals surface area contributed by atoms with Crippen molar-refractivity contribution in [2.45, 2.75) is 30.6 Å². The summed E-state index contributed by atoms with van der Waals surface area (Å²) >= 11 is 0. The van der Waals surface area contributed by atoms with Crippen LogP contribution in [0.2, 0.25) is 0 Å². The van der Waals surface area contributed by atoms with Gasteiger partial charge >= 0.3 is 5.97 Å². The number of carbonyl (C=O) groups is 3. The molecule has 0 spiro atoms. The van der Waals surface area contributed by atoms with Crippen LogP contribution in [0, 0.1) is 0 Å². The Balaban J connectivity index is 1.61. The maximum Gasteiger partial charge on any atom is 0.322 e. The van der Waals surface area contributed by atoms with E-state index in [0.29, 0.717) is 31.6 Å². The van der Waals surface area contributed by atoms with Crippen LogP contribution in [0.4, 0.5) is 5.69 Å². The van der Waals surface area contributed by atoms with E-state index in [4.69, 9.17) is 5.11 Å². The first-order chi connectivity index (χ1) is 15.2. The summed E-state index contributed by atoms with van der Waals surface area (Å²) in [5.74, 6) is -1.81. The molecular formula is C21H24N4O6S. The van der Waals surface area contributed by atoms with Crippen LogP contribution in [0.3, 0.4) is 0 Å². The molecule has 0 saturated carbocycles. The number of piperidine rings is 1. The van der Waals surface area contributed by atoms with Gasteiger partial charge in [0.1, 0.15) is 17.1 Å². The van der Waals surface area contributed by atoms with Gasteiger partial charge in [0.2, 0.25) is 15.9 Å². The Morgan fingerprint density at radius 2 is 1.75 bits per heavy atom. The van der Waals surface area contributed by atoms with E-state index in [-0.39, 0.29) is 22.4 Å². The predicted molar refractivity (Wildman–Crippen MR) is 116 cm³/mol. The molecule has 1 fully saturated rings. The molecule has 2 aromatic rings. The van der Waals surface area contributed by atoms with Gasteiger partial charge in [0.15, 0.2) is 0 Å². The number of nitrogens with zero attached hydrogens (tertiary/aromatic N) is 2. The number of nitrogens with one attached hydrogen (secondary N) is 2. The number of hydrogen-bond donors (Lipinski definition) is 3. The quantitative estimate of drug-likeness (QED) is 0.566. The molecule has 3 rings (SSSR count). The van der Waals surface area contributed by atoms with Gasteiger partial charge in [0, 0.05) is 31.9 Å². The monoisotopic (exact) mass is 460 g/mol. The summed E-state index contributed by atoms with van der Waals surface area (Å²) in [6.45, 7) is 1.59. The van der Waals surface area contributed by atoms with E-state index in [9.17, 15) is 22.8 Å². The summed E-state index contributed by atoms with van der Waals surface area (Å²) in [6, 6.07) is 10.1. The Morgan fingerprint density at radius 1 is 1.09 bits per heavy atom. The van der Waals surface area contributed by atoms with E-state index in [1.807, 2.05) is 24.3 Å². The first kappa shape index (κ1) is 23.4. The van der Waals surface area contributed by atoms with Crippen LogP contribution in [0.15, 0.2) is 47.5 Å². The average Bonchev–Trinajstić information content (AvgIpc) is 2.78. The third-order valence-electron chi connectivity index (χ3n) is 5.16. The van der Waals surface area contributed by atoms with E-state index in [1.165, 1.54) is 23.4 Å². The number of aromatic nitrogens is 1. The highest BCUT2D eigenvalue weighted by molar-refractivity contribution is 7.89.